The van der Waals surface area contributed by atoms with E-state index in [4.69, 9.17) is 16.3 Å². The molecule has 2 atom stereocenters. The molecule has 13 heteroatoms. The Morgan fingerprint density at radius 3 is 2.77 bits per heavy atom. The number of nitrogens with zero attached hydrogens (tertiary/aromatic N) is 4. The van der Waals surface area contributed by atoms with Crippen molar-refractivity contribution in [3.8, 4) is 0 Å². The van der Waals surface area contributed by atoms with Crippen molar-refractivity contribution < 1.29 is 27.4 Å². The Balaban J connectivity index is 1.29. The van der Waals surface area contributed by atoms with E-state index in [1.807, 2.05) is 30.1 Å². The number of aromatic nitrogens is 2. The van der Waals surface area contributed by atoms with Gasteiger partial charge in [-0.25, -0.2) is 22.5 Å². The molecule has 1 aromatic heterocycles. The van der Waals surface area contributed by atoms with Gasteiger partial charge in [-0.2, -0.15) is 4.98 Å². The first kappa shape index (κ1) is 26.2. The SMILES string of the molecule is CN1CC2=C(N[C@@H](C3CC3)C(F)(F)CO2)c2cc(Nc3nc(N4CCC(F)(F)[C@H](CO)C4)ncc3Cl)ccc21. The molecular formula is C26H29ClF4N6O2. The molecule has 0 unspecified atom stereocenters. The smallest absolute Gasteiger partial charge is 0.301 e. The first-order valence-corrected chi connectivity index (χ1v) is 13.3. The van der Waals surface area contributed by atoms with E-state index >= 15 is 0 Å². The molecule has 2 fully saturated rings. The number of aliphatic hydroxyl groups is 1. The number of piperidine rings is 1. The van der Waals surface area contributed by atoms with Crippen LogP contribution in [0.4, 0.5) is 40.7 Å². The molecule has 3 aliphatic heterocycles. The Bertz CT molecular complexity index is 1310. The molecule has 3 N–H and O–H groups in total. The van der Waals surface area contributed by atoms with Crippen LogP contribution in [0.5, 0.6) is 0 Å². The largest absolute Gasteiger partial charge is 0.487 e. The van der Waals surface area contributed by atoms with Gasteiger partial charge in [-0.05, 0) is 37.0 Å². The van der Waals surface area contributed by atoms with Crippen molar-refractivity contribution in [3.63, 3.8) is 0 Å². The lowest BCUT2D eigenvalue weighted by Gasteiger charge is -2.37. The Kier molecular flexibility index (Phi) is 6.45. The summed E-state index contributed by atoms with van der Waals surface area (Å²) in [5.74, 6) is -6.32. The number of rotatable bonds is 5. The number of ether oxygens (including phenoxy) is 1. The highest BCUT2D eigenvalue weighted by Gasteiger charge is 2.51. The summed E-state index contributed by atoms with van der Waals surface area (Å²) >= 11 is 6.38. The molecule has 2 aromatic rings. The molecule has 0 bridgehead atoms. The van der Waals surface area contributed by atoms with Crippen molar-refractivity contribution >= 4 is 40.4 Å². The molecule has 0 amide bonds. The molecule has 0 radical (unpaired) electrons. The standard InChI is InChI=1S/C26H29ClF4N6O2/c1-36-11-20-21(34-22(14-2-3-14)26(30,31)13-39-20)17-8-16(4-5-19(17)36)33-23-18(27)9-32-24(35-23)37-7-6-25(28,29)15(10-37)12-38/h4-5,8-9,14-15,22,34,38H,2-3,6-7,10-13H2,1H3,(H,32,33,35)/t15-,22-/m0/s1. The maximum Gasteiger partial charge on any atom is 0.301 e. The Morgan fingerprint density at radius 2 is 2.03 bits per heavy atom. The van der Waals surface area contributed by atoms with Crippen LogP contribution < -0.4 is 20.4 Å². The third kappa shape index (κ3) is 4.93. The maximum absolute atomic E-state index is 14.9. The van der Waals surface area contributed by atoms with E-state index in [0.29, 0.717) is 29.3 Å². The third-order valence-corrected chi connectivity index (χ3v) is 8.15. The minimum absolute atomic E-state index is 0.0329. The van der Waals surface area contributed by atoms with E-state index in [2.05, 4.69) is 20.6 Å². The summed E-state index contributed by atoms with van der Waals surface area (Å²) in [6, 6.07) is 4.53. The maximum atomic E-state index is 14.9. The first-order valence-electron chi connectivity index (χ1n) is 12.9. The second kappa shape index (κ2) is 9.58. The van der Waals surface area contributed by atoms with Gasteiger partial charge in [0.2, 0.25) is 5.95 Å². The number of hydrogen-bond acceptors (Lipinski definition) is 8. The number of fused-ring (bicyclic) bond motifs is 2. The topological polar surface area (TPSA) is 85.8 Å². The molecule has 4 heterocycles. The lowest BCUT2D eigenvalue weighted by Crippen LogP contribution is -2.49. The van der Waals surface area contributed by atoms with E-state index < -0.39 is 43.4 Å². The summed E-state index contributed by atoms with van der Waals surface area (Å²) in [6.07, 6.45) is 2.49. The predicted octanol–water partition coefficient (Wildman–Crippen LogP) is 4.48. The van der Waals surface area contributed by atoms with Crippen molar-refractivity contribution in [2.75, 3.05) is 55.0 Å². The van der Waals surface area contributed by atoms with Gasteiger partial charge >= 0.3 is 5.92 Å². The molecule has 210 valence electrons. The van der Waals surface area contributed by atoms with Gasteiger partial charge in [0.05, 0.1) is 37.0 Å². The number of nitrogens with one attached hydrogen (secondary N) is 2. The number of anilines is 4. The summed E-state index contributed by atoms with van der Waals surface area (Å²) in [7, 11) is 1.87. The molecule has 8 nitrogen and oxygen atoms in total. The van der Waals surface area contributed by atoms with Gasteiger partial charge in [-0.15, -0.1) is 0 Å². The van der Waals surface area contributed by atoms with Crippen LogP contribution in [0.1, 0.15) is 24.8 Å². The van der Waals surface area contributed by atoms with Crippen LogP contribution in [-0.2, 0) is 4.74 Å². The van der Waals surface area contributed by atoms with E-state index in [9.17, 15) is 22.7 Å². The number of hydrogen-bond donors (Lipinski definition) is 3. The molecular weight excluding hydrogens is 540 g/mol. The van der Waals surface area contributed by atoms with Crippen LogP contribution in [0.15, 0.2) is 30.2 Å². The average molecular weight is 569 g/mol. The number of halogens is 5. The van der Waals surface area contributed by atoms with E-state index in [-0.39, 0.29) is 35.8 Å². The zero-order valence-corrected chi connectivity index (χ0v) is 22.0. The number of likely N-dealkylation sites (N-methyl/N-ethyl adjacent to an activating group) is 1. The monoisotopic (exact) mass is 568 g/mol. The number of alkyl halides is 4. The van der Waals surface area contributed by atoms with Gasteiger partial charge in [0, 0.05) is 43.5 Å². The normalized spacial score (nSPS) is 25.7. The van der Waals surface area contributed by atoms with E-state index in [1.165, 1.54) is 6.20 Å². The van der Waals surface area contributed by atoms with Gasteiger partial charge in [-0.3, -0.25) is 0 Å². The highest BCUT2D eigenvalue weighted by atomic mass is 35.5. The molecule has 1 aliphatic carbocycles. The molecule has 1 aromatic carbocycles. The van der Waals surface area contributed by atoms with E-state index in [0.717, 1.165) is 18.5 Å². The molecule has 6 rings (SSSR count). The predicted molar refractivity (Wildman–Crippen MR) is 140 cm³/mol. The lowest BCUT2D eigenvalue weighted by atomic mass is 9.94. The van der Waals surface area contributed by atoms with Gasteiger partial charge in [-0.1, -0.05) is 11.6 Å². The van der Waals surface area contributed by atoms with Crippen LogP contribution in [0.3, 0.4) is 0 Å². The summed E-state index contributed by atoms with van der Waals surface area (Å²) in [6.45, 7) is -1.01. The minimum Gasteiger partial charge on any atom is -0.487 e. The van der Waals surface area contributed by atoms with Crippen molar-refractivity contribution in [1.82, 2.24) is 15.3 Å². The Labute approximate surface area is 228 Å². The summed E-state index contributed by atoms with van der Waals surface area (Å²) in [5, 5.41) is 16.0. The zero-order valence-electron chi connectivity index (χ0n) is 21.2. The van der Waals surface area contributed by atoms with E-state index in [1.54, 1.807) is 4.90 Å². The van der Waals surface area contributed by atoms with Crippen molar-refractivity contribution in [2.45, 2.75) is 37.1 Å². The van der Waals surface area contributed by atoms with Crippen LogP contribution in [0.25, 0.3) is 5.70 Å². The molecule has 0 spiro atoms. The molecule has 1 saturated carbocycles. The first-order chi connectivity index (χ1) is 18.6. The molecule has 39 heavy (non-hydrogen) atoms. The highest BCUT2D eigenvalue weighted by Crippen LogP contribution is 2.45. The molecule has 1 saturated heterocycles. The lowest BCUT2D eigenvalue weighted by molar-refractivity contribution is -0.0882. The average Bonchev–Trinajstić information content (AvgIpc) is 3.74. The fraction of sp³-hybridized carbons (Fsp3) is 0.538. The van der Waals surface area contributed by atoms with Crippen LogP contribution in [0.2, 0.25) is 5.02 Å². The minimum atomic E-state index is -2.99. The third-order valence-electron chi connectivity index (χ3n) is 7.87. The second-order valence-electron chi connectivity index (χ2n) is 10.7. The highest BCUT2D eigenvalue weighted by molar-refractivity contribution is 6.32. The van der Waals surface area contributed by atoms with Crippen molar-refractivity contribution in [1.29, 1.82) is 0 Å². The number of aliphatic hydroxyl groups excluding tert-OH is 1. The van der Waals surface area contributed by atoms with Crippen molar-refractivity contribution in [3.05, 3.63) is 40.7 Å². The van der Waals surface area contributed by atoms with Gasteiger partial charge in [0.1, 0.15) is 10.8 Å². The summed E-state index contributed by atoms with van der Waals surface area (Å²) in [4.78, 5) is 12.2. The fourth-order valence-electron chi connectivity index (χ4n) is 5.47. The van der Waals surface area contributed by atoms with Crippen LogP contribution >= 0.6 is 11.6 Å². The van der Waals surface area contributed by atoms with Crippen LogP contribution in [-0.4, -0.2) is 72.9 Å². The van der Waals surface area contributed by atoms with Gasteiger partial charge in [0.15, 0.2) is 12.4 Å². The number of benzene rings is 1. The van der Waals surface area contributed by atoms with Gasteiger partial charge < -0.3 is 30.3 Å². The fourth-order valence-corrected chi connectivity index (χ4v) is 5.60. The Hall–Kier alpha value is -2.99. The summed E-state index contributed by atoms with van der Waals surface area (Å²) in [5.41, 5.74) is 2.72. The van der Waals surface area contributed by atoms with Crippen molar-refractivity contribution in [2.24, 2.45) is 11.8 Å². The summed E-state index contributed by atoms with van der Waals surface area (Å²) < 4.78 is 63.6. The van der Waals surface area contributed by atoms with Crippen LogP contribution in [0, 0.1) is 11.8 Å². The zero-order chi connectivity index (χ0) is 27.5. The molecule has 4 aliphatic rings. The quantitative estimate of drug-likeness (QED) is 0.455. The second-order valence-corrected chi connectivity index (χ2v) is 11.1. The Morgan fingerprint density at radius 1 is 1.23 bits per heavy atom. The van der Waals surface area contributed by atoms with Gasteiger partial charge in [0.25, 0.3) is 5.92 Å².